The number of carbonyl (C=O) groups excluding carboxylic acids is 3. The van der Waals surface area contributed by atoms with Gasteiger partial charge in [-0.15, -0.1) is 0 Å². The summed E-state index contributed by atoms with van der Waals surface area (Å²) in [6.45, 7) is 0.610. The molecule has 33 heavy (non-hydrogen) atoms. The van der Waals surface area contributed by atoms with E-state index in [0.29, 0.717) is 12.1 Å². The molecule has 2 heterocycles. The summed E-state index contributed by atoms with van der Waals surface area (Å²) in [6.07, 6.45) is 3.34. The molecule has 7 heteroatoms. The minimum atomic E-state index is -0.917. The fraction of sp³-hybridized carbons (Fsp3) is 0.0385. The van der Waals surface area contributed by atoms with Crippen LogP contribution in [0.2, 0.25) is 0 Å². The first-order valence-corrected chi connectivity index (χ1v) is 10.3. The van der Waals surface area contributed by atoms with Crippen molar-refractivity contribution in [2.75, 3.05) is 4.90 Å². The highest BCUT2D eigenvalue weighted by Gasteiger charge is 2.37. The summed E-state index contributed by atoms with van der Waals surface area (Å²) < 4.78 is 15.7. The molecule has 162 valence electrons. The van der Waals surface area contributed by atoms with E-state index in [-0.39, 0.29) is 11.3 Å². The average molecular weight is 439 g/mol. The van der Waals surface area contributed by atoms with Crippen LogP contribution in [0.5, 0.6) is 0 Å². The summed E-state index contributed by atoms with van der Waals surface area (Å²) in [4.78, 5) is 38.8. The zero-order valence-corrected chi connectivity index (χ0v) is 17.4. The lowest BCUT2D eigenvalue weighted by molar-refractivity contribution is -0.122. The number of rotatable bonds is 4. The Balaban J connectivity index is 1.58. The van der Waals surface area contributed by atoms with Crippen molar-refractivity contribution in [1.82, 2.24) is 9.88 Å². The van der Waals surface area contributed by atoms with Gasteiger partial charge in [0.1, 0.15) is 11.4 Å². The van der Waals surface area contributed by atoms with Gasteiger partial charge in [-0.2, -0.15) is 0 Å². The van der Waals surface area contributed by atoms with Crippen molar-refractivity contribution in [3.63, 3.8) is 0 Å². The molecule has 3 aromatic carbocycles. The highest BCUT2D eigenvalue weighted by molar-refractivity contribution is 6.39. The molecule has 1 aliphatic rings. The Kier molecular flexibility index (Phi) is 5.06. The van der Waals surface area contributed by atoms with Crippen LogP contribution < -0.4 is 10.2 Å². The molecule has 1 aromatic heterocycles. The minimum absolute atomic E-state index is 0.0439. The second-order valence-corrected chi connectivity index (χ2v) is 7.65. The van der Waals surface area contributed by atoms with Crippen molar-refractivity contribution in [3.05, 3.63) is 108 Å². The number of barbiturate groups is 1. The summed E-state index contributed by atoms with van der Waals surface area (Å²) in [6, 6.07) is 21.8. The van der Waals surface area contributed by atoms with Crippen molar-refractivity contribution in [2.24, 2.45) is 0 Å². The lowest BCUT2D eigenvalue weighted by Gasteiger charge is -2.26. The van der Waals surface area contributed by atoms with Gasteiger partial charge >= 0.3 is 6.03 Å². The first kappa shape index (κ1) is 20.4. The first-order valence-electron chi connectivity index (χ1n) is 10.3. The highest BCUT2D eigenvalue weighted by Crippen LogP contribution is 2.27. The number of fused-ring (bicyclic) bond motifs is 1. The lowest BCUT2D eigenvalue weighted by Crippen LogP contribution is -2.54. The van der Waals surface area contributed by atoms with Crippen molar-refractivity contribution in [1.29, 1.82) is 0 Å². The maximum Gasteiger partial charge on any atom is 0.335 e. The number of hydrogen-bond donors (Lipinski definition) is 1. The van der Waals surface area contributed by atoms with Gasteiger partial charge in [0.15, 0.2) is 0 Å². The third kappa shape index (κ3) is 3.80. The number of benzene rings is 3. The van der Waals surface area contributed by atoms with Crippen molar-refractivity contribution < 1.29 is 18.8 Å². The monoisotopic (exact) mass is 439 g/mol. The normalized spacial score (nSPS) is 15.4. The topological polar surface area (TPSA) is 71.4 Å². The van der Waals surface area contributed by atoms with E-state index in [1.54, 1.807) is 0 Å². The van der Waals surface area contributed by atoms with Crippen LogP contribution in [0.1, 0.15) is 11.1 Å². The number of urea groups is 1. The standard InChI is InChI=1S/C26H18FN3O3/c27-19-9-6-10-20(14-19)30-25(32)22(24(31)28-26(30)33)13-18-16-29(15-17-7-2-1-3-8-17)23-12-5-4-11-21(18)23/h1-14,16H,15H2,(H,28,31,33)/b22-13+. The number of nitrogens with one attached hydrogen (secondary N) is 1. The third-order valence-corrected chi connectivity index (χ3v) is 5.48. The molecule has 0 atom stereocenters. The van der Waals surface area contributed by atoms with Crippen LogP contribution in [-0.4, -0.2) is 22.4 Å². The molecule has 5 rings (SSSR count). The second-order valence-electron chi connectivity index (χ2n) is 7.65. The summed E-state index contributed by atoms with van der Waals surface area (Å²) in [5.41, 5.74) is 2.54. The van der Waals surface area contributed by atoms with Crippen LogP contribution in [0.4, 0.5) is 14.9 Å². The number of para-hydroxylation sites is 1. The third-order valence-electron chi connectivity index (χ3n) is 5.48. The number of anilines is 1. The Morgan fingerprint density at radius 3 is 2.42 bits per heavy atom. The second kappa shape index (κ2) is 8.20. The van der Waals surface area contributed by atoms with Gasteiger partial charge in [0.2, 0.25) is 0 Å². The SMILES string of the molecule is O=C1NC(=O)N(c2cccc(F)c2)C(=O)/C1=C/c1cn(Cc2ccccc2)c2ccccc12. The molecule has 1 aliphatic heterocycles. The zero-order chi connectivity index (χ0) is 22.9. The smallest absolute Gasteiger partial charge is 0.335 e. The number of aromatic nitrogens is 1. The van der Waals surface area contributed by atoms with Gasteiger partial charge in [0.25, 0.3) is 11.8 Å². The Hall–Kier alpha value is -4.52. The van der Waals surface area contributed by atoms with Crippen molar-refractivity contribution >= 4 is 40.5 Å². The quantitative estimate of drug-likeness (QED) is 0.376. The fourth-order valence-electron chi connectivity index (χ4n) is 3.96. The van der Waals surface area contributed by atoms with Crippen LogP contribution in [0.15, 0.2) is 90.6 Å². The predicted molar refractivity (Wildman–Crippen MR) is 123 cm³/mol. The molecule has 4 amide bonds. The van der Waals surface area contributed by atoms with Crippen molar-refractivity contribution in [2.45, 2.75) is 6.54 Å². The molecule has 0 aliphatic carbocycles. The lowest BCUT2D eigenvalue weighted by atomic mass is 10.1. The van der Waals surface area contributed by atoms with Crippen LogP contribution in [0.25, 0.3) is 17.0 Å². The number of carbonyl (C=O) groups is 3. The van der Waals surface area contributed by atoms with E-state index in [1.165, 1.54) is 24.3 Å². The largest absolute Gasteiger partial charge is 0.342 e. The Morgan fingerprint density at radius 1 is 0.879 bits per heavy atom. The number of hydrogen-bond acceptors (Lipinski definition) is 3. The predicted octanol–water partition coefficient (Wildman–Crippen LogP) is 4.50. The van der Waals surface area contributed by atoms with Gasteiger partial charge in [0.05, 0.1) is 5.69 Å². The molecule has 0 spiro atoms. The molecule has 4 aromatic rings. The maximum atomic E-state index is 13.7. The fourth-order valence-corrected chi connectivity index (χ4v) is 3.96. The molecule has 1 saturated heterocycles. The first-order chi connectivity index (χ1) is 16.0. The molecule has 0 radical (unpaired) electrons. The minimum Gasteiger partial charge on any atom is -0.342 e. The van der Waals surface area contributed by atoms with E-state index >= 15 is 0 Å². The Bertz CT molecular complexity index is 1440. The van der Waals surface area contributed by atoms with Gasteiger partial charge in [-0.25, -0.2) is 14.1 Å². The van der Waals surface area contributed by atoms with Crippen molar-refractivity contribution in [3.8, 4) is 0 Å². The maximum absolute atomic E-state index is 13.7. The van der Waals surface area contributed by atoms with Crippen LogP contribution in [0.3, 0.4) is 0 Å². The van der Waals surface area contributed by atoms with Gasteiger partial charge in [-0.05, 0) is 35.9 Å². The highest BCUT2D eigenvalue weighted by atomic mass is 19.1. The van der Waals surface area contributed by atoms with E-state index < -0.39 is 23.7 Å². The number of halogens is 1. The summed E-state index contributed by atoms with van der Waals surface area (Å²) in [5.74, 6) is -2.20. The zero-order valence-electron chi connectivity index (χ0n) is 17.4. The molecule has 1 fully saturated rings. The molecular weight excluding hydrogens is 421 g/mol. The Morgan fingerprint density at radius 2 is 1.64 bits per heavy atom. The van der Waals surface area contributed by atoms with Gasteiger partial charge in [0, 0.05) is 29.2 Å². The average Bonchev–Trinajstić information content (AvgIpc) is 3.14. The molecule has 0 unspecified atom stereocenters. The van der Waals surface area contributed by atoms with Crippen LogP contribution in [0, 0.1) is 5.82 Å². The molecule has 6 nitrogen and oxygen atoms in total. The molecule has 1 N–H and O–H groups in total. The number of nitrogens with zero attached hydrogens (tertiary/aromatic N) is 2. The van der Waals surface area contributed by atoms with Crippen LogP contribution >= 0.6 is 0 Å². The van der Waals surface area contributed by atoms with Gasteiger partial charge in [-0.3, -0.25) is 14.9 Å². The van der Waals surface area contributed by atoms with E-state index in [0.717, 1.165) is 27.4 Å². The number of imide groups is 2. The molecular formula is C26H18FN3O3. The summed E-state index contributed by atoms with van der Waals surface area (Å²) in [7, 11) is 0. The summed E-state index contributed by atoms with van der Waals surface area (Å²) >= 11 is 0. The van der Waals surface area contributed by atoms with Gasteiger partial charge < -0.3 is 4.57 Å². The Labute approximate surface area is 188 Å². The number of amides is 4. The van der Waals surface area contributed by atoms with Gasteiger partial charge in [-0.1, -0.05) is 54.6 Å². The molecule has 0 bridgehead atoms. The van der Waals surface area contributed by atoms with Crippen LogP contribution in [-0.2, 0) is 16.1 Å². The van der Waals surface area contributed by atoms with E-state index in [1.807, 2.05) is 65.4 Å². The van der Waals surface area contributed by atoms with E-state index in [9.17, 15) is 18.8 Å². The van der Waals surface area contributed by atoms with E-state index in [4.69, 9.17) is 0 Å². The molecule has 0 saturated carbocycles. The summed E-state index contributed by atoms with van der Waals surface area (Å²) in [5, 5.41) is 3.03. The van der Waals surface area contributed by atoms with E-state index in [2.05, 4.69) is 5.32 Å².